The second kappa shape index (κ2) is 4.52. The molecule has 0 heterocycles. The van der Waals surface area contributed by atoms with Gasteiger partial charge in [0.1, 0.15) is 5.75 Å². The zero-order valence-electron chi connectivity index (χ0n) is 9.88. The molecule has 1 heteroatoms. The third kappa shape index (κ3) is 2.62. The van der Waals surface area contributed by atoms with Crippen LogP contribution in [-0.2, 0) is 11.8 Å². The predicted molar refractivity (Wildman–Crippen MR) is 65.3 cm³/mol. The highest BCUT2D eigenvalue weighted by molar-refractivity contribution is 5.39. The molecule has 15 heavy (non-hydrogen) atoms. The Morgan fingerprint density at radius 2 is 2.07 bits per heavy atom. The number of benzene rings is 1. The summed E-state index contributed by atoms with van der Waals surface area (Å²) < 4.78 is 0. The molecule has 0 amide bonds. The Hall–Kier alpha value is -1.24. The topological polar surface area (TPSA) is 20.2 Å². The van der Waals surface area contributed by atoms with Gasteiger partial charge in [-0.2, -0.15) is 0 Å². The molecule has 0 saturated heterocycles. The van der Waals surface area contributed by atoms with Crippen molar-refractivity contribution in [1.82, 2.24) is 0 Å². The Morgan fingerprint density at radius 1 is 1.40 bits per heavy atom. The van der Waals surface area contributed by atoms with Crippen molar-refractivity contribution in [1.29, 1.82) is 0 Å². The number of hydrogen-bond donors (Lipinski definition) is 1. The molecule has 0 saturated carbocycles. The normalized spacial score (nSPS) is 11.4. The van der Waals surface area contributed by atoms with Crippen LogP contribution in [0.5, 0.6) is 5.75 Å². The predicted octanol–water partition coefficient (Wildman–Crippen LogP) is 3.81. The molecule has 0 fully saturated rings. The van der Waals surface area contributed by atoms with Crippen LogP contribution in [0.2, 0.25) is 0 Å². The molecule has 0 unspecified atom stereocenters. The van der Waals surface area contributed by atoms with Crippen LogP contribution in [-0.4, -0.2) is 5.11 Å². The van der Waals surface area contributed by atoms with Gasteiger partial charge in [0, 0.05) is 0 Å². The van der Waals surface area contributed by atoms with Gasteiger partial charge in [-0.3, -0.25) is 0 Å². The van der Waals surface area contributed by atoms with Crippen molar-refractivity contribution in [2.24, 2.45) is 0 Å². The highest BCUT2D eigenvalue weighted by atomic mass is 16.3. The first kappa shape index (κ1) is 11.8. The first-order valence-electron chi connectivity index (χ1n) is 5.44. The summed E-state index contributed by atoms with van der Waals surface area (Å²) in [7, 11) is 0. The highest BCUT2D eigenvalue weighted by Crippen LogP contribution is 2.30. The molecule has 0 aromatic heterocycles. The maximum absolute atomic E-state index is 9.66. The first-order valence-corrected chi connectivity index (χ1v) is 5.44. The van der Waals surface area contributed by atoms with E-state index in [1.807, 2.05) is 12.1 Å². The first-order chi connectivity index (χ1) is 7.01. The maximum atomic E-state index is 9.66. The van der Waals surface area contributed by atoms with E-state index in [9.17, 15) is 5.11 Å². The number of hydrogen-bond acceptors (Lipinski definition) is 1. The molecule has 1 rings (SSSR count). The van der Waals surface area contributed by atoms with Gasteiger partial charge in [0.25, 0.3) is 0 Å². The number of phenolic OH excluding ortho intramolecular Hbond substituents is 1. The van der Waals surface area contributed by atoms with E-state index in [1.165, 1.54) is 5.56 Å². The van der Waals surface area contributed by atoms with E-state index in [0.717, 1.165) is 18.4 Å². The van der Waals surface area contributed by atoms with Gasteiger partial charge in [-0.05, 0) is 35.4 Å². The van der Waals surface area contributed by atoms with E-state index in [-0.39, 0.29) is 5.41 Å². The quantitative estimate of drug-likeness (QED) is 0.739. The molecule has 0 aliphatic heterocycles. The molecular formula is C14H20O. The summed E-state index contributed by atoms with van der Waals surface area (Å²) in [6.45, 7) is 10.3. The highest BCUT2D eigenvalue weighted by Gasteiger charge is 2.18. The second-order valence-electron chi connectivity index (χ2n) is 4.57. The number of allylic oxidation sites excluding steroid dienone is 1. The van der Waals surface area contributed by atoms with Crippen molar-refractivity contribution in [3.05, 3.63) is 42.0 Å². The third-order valence-corrected chi connectivity index (χ3v) is 3.11. The fourth-order valence-electron chi connectivity index (χ4n) is 1.53. The minimum Gasteiger partial charge on any atom is -0.508 e. The average Bonchev–Trinajstić information content (AvgIpc) is 2.21. The van der Waals surface area contributed by atoms with Crippen LogP contribution >= 0.6 is 0 Å². The smallest absolute Gasteiger partial charge is 0.119 e. The monoisotopic (exact) mass is 204 g/mol. The van der Waals surface area contributed by atoms with Gasteiger partial charge in [-0.25, -0.2) is 0 Å². The number of phenols is 1. The molecule has 1 aromatic carbocycles. The Labute approximate surface area is 92.5 Å². The van der Waals surface area contributed by atoms with Crippen molar-refractivity contribution < 1.29 is 5.11 Å². The molecule has 1 aromatic rings. The molecule has 1 N–H and O–H groups in total. The maximum Gasteiger partial charge on any atom is 0.119 e. The number of rotatable bonds is 4. The third-order valence-electron chi connectivity index (χ3n) is 3.11. The van der Waals surface area contributed by atoms with Gasteiger partial charge in [0.2, 0.25) is 0 Å². The van der Waals surface area contributed by atoms with Crippen LogP contribution in [0.3, 0.4) is 0 Å². The van der Waals surface area contributed by atoms with E-state index in [4.69, 9.17) is 0 Å². The van der Waals surface area contributed by atoms with Crippen molar-refractivity contribution >= 4 is 0 Å². The molecule has 0 radical (unpaired) electrons. The van der Waals surface area contributed by atoms with E-state index in [0.29, 0.717) is 5.75 Å². The summed E-state index contributed by atoms with van der Waals surface area (Å²) in [5.74, 6) is 0.366. The largest absolute Gasteiger partial charge is 0.508 e. The summed E-state index contributed by atoms with van der Waals surface area (Å²) in [5, 5.41) is 9.66. The molecule has 0 spiro atoms. The zero-order chi connectivity index (χ0) is 11.5. The minimum absolute atomic E-state index is 0.170. The second-order valence-corrected chi connectivity index (χ2v) is 4.57. The van der Waals surface area contributed by atoms with Crippen LogP contribution in [0.15, 0.2) is 30.9 Å². The van der Waals surface area contributed by atoms with Crippen LogP contribution in [0, 0.1) is 0 Å². The minimum atomic E-state index is 0.170. The van der Waals surface area contributed by atoms with Crippen molar-refractivity contribution in [3.8, 4) is 5.75 Å². The molecule has 0 atom stereocenters. The number of aromatic hydroxyl groups is 1. The standard InChI is InChI=1S/C14H20O/c1-5-7-11-10-12(8-9-13(11)15)14(3,4)6-2/h5,8-10,15H,1,6-7H2,2-4H3. The summed E-state index contributed by atoms with van der Waals surface area (Å²) >= 11 is 0. The lowest BCUT2D eigenvalue weighted by Crippen LogP contribution is -2.15. The zero-order valence-corrected chi connectivity index (χ0v) is 9.88. The fourth-order valence-corrected chi connectivity index (χ4v) is 1.53. The van der Waals surface area contributed by atoms with Crippen molar-refractivity contribution in [2.45, 2.75) is 39.0 Å². The van der Waals surface area contributed by atoms with Gasteiger partial charge in [0.05, 0.1) is 0 Å². The Balaban J connectivity index is 3.12. The summed E-state index contributed by atoms with van der Waals surface area (Å²) in [4.78, 5) is 0. The fraction of sp³-hybridized carbons (Fsp3) is 0.429. The molecule has 0 bridgehead atoms. The summed E-state index contributed by atoms with van der Waals surface area (Å²) in [6, 6.07) is 5.87. The van der Waals surface area contributed by atoms with Crippen LogP contribution in [0.25, 0.3) is 0 Å². The van der Waals surface area contributed by atoms with Gasteiger partial charge in [0.15, 0.2) is 0 Å². The Morgan fingerprint density at radius 3 is 2.60 bits per heavy atom. The van der Waals surface area contributed by atoms with Gasteiger partial charge < -0.3 is 5.11 Å². The van der Waals surface area contributed by atoms with Gasteiger partial charge in [-0.1, -0.05) is 39.0 Å². The van der Waals surface area contributed by atoms with Crippen molar-refractivity contribution in [3.63, 3.8) is 0 Å². The van der Waals surface area contributed by atoms with Gasteiger partial charge in [-0.15, -0.1) is 6.58 Å². The summed E-state index contributed by atoms with van der Waals surface area (Å²) in [5.41, 5.74) is 2.41. The lowest BCUT2D eigenvalue weighted by molar-refractivity contribution is 0.465. The van der Waals surface area contributed by atoms with E-state index >= 15 is 0 Å². The molecule has 82 valence electrons. The van der Waals surface area contributed by atoms with Gasteiger partial charge >= 0.3 is 0 Å². The van der Waals surface area contributed by atoms with E-state index < -0.39 is 0 Å². The lowest BCUT2D eigenvalue weighted by atomic mass is 9.81. The van der Waals surface area contributed by atoms with Crippen LogP contribution in [0.4, 0.5) is 0 Å². The molecule has 0 aliphatic carbocycles. The Bertz CT molecular complexity index is 350. The molecule has 1 nitrogen and oxygen atoms in total. The SMILES string of the molecule is C=CCc1cc(C(C)(C)CC)ccc1O. The average molecular weight is 204 g/mol. The molecule has 0 aliphatic rings. The molecular weight excluding hydrogens is 184 g/mol. The van der Waals surface area contributed by atoms with Crippen molar-refractivity contribution in [2.75, 3.05) is 0 Å². The van der Waals surface area contributed by atoms with E-state index in [1.54, 1.807) is 6.07 Å². The van der Waals surface area contributed by atoms with E-state index in [2.05, 4.69) is 33.4 Å². The summed E-state index contributed by atoms with van der Waals surface area (Å²) in [6.07, 6.45) is 3.63. The van der Waals surface area contributed by atoms with Crippen LogP contribution < -0.4 is 0 Å². The van der Waals surface area contributed by atoms with Crippen LogP contribution in [0.1, 0.15) is 38.3 Å². The Kier molecular flexibility index (Phi) is 3.57. The lowest BCUT2D eigenvalue weighted by Gasteiger charge is -2.24.